The first-order valence-corrected chi connectivity index (χ1v) is 4.07. The number of carboxylic acids is 4. The summed E-state index contributed by atoms with van der Waals surface area (Å²) in [6, 6.07) is 0. The van der Waals surface area contributed by atoms with Crippen molar-refractivity contribution in [3.8, 4) is 0 Å². The summed E-state index contributed by atoms with van der Waals surface area (Å²) in [4.78, 5) is 37.5. The fraction of sp³-hybridized carbons (Fsp3) is 0.333. The van der Waals surface area contributed by atoms with E-state index in [0.29, 0.717) is 0 Å². The van der Waals surface area contributed by atoms with Crippen molar-refractivity contribution in [3.05, 3.63) is 0 Å². The summed E-state index contributed by atoms with van der Waals surface area (Å²) in [6.07, 6.45) is -0.806. The molecule has 0 heterocycles. The van der Waals surface area contributed by atoms with Crippen molar-refractivity contribution >= 4 is 31.2 Å². The fourth-order valence-corrected chi connectivity index (χ4v) is 0.221. The Morgan fingerprint density at radius 2 is 1.05 bits per heavy atom. The number of halogens is 2. The molecule has 118 valence electrons. The van der Waals surface area contributed by atoms with E-state index in [-0.39, 0.29) is 20.3 Å². The average molecular weight is 314 g/mol. The first-order valence-electron chi connectivity index (χ1n) is 4.07. The molecule has 15 heteroatoms. The van der Waals surface area contributed by atoms with E-state index in [4.69, 9.17) is 35.5 Å². The van der Waals surface area contributed by atoms with E-state index in [1.54, 1.807) is 0 Å². The maximum Gasteiger partial charge on any atom is 1.00 e. The fourth-order valence-electron chi connectivity index (χ4n) is 0.221. The number of hydrogen-bond donors (Lipinski definition) is 7. The van der Waals surface area contributed by atoms with Crippen molar-refractivity contribution < 1.29 is 83.7 Å². The van der Waals surface area contributed by atoms with Gasteiger partial charge in [0.15, 0.2) is 0 Å². The SMILES string of the molecule is O=C(O)C(F)(F)C(=O)O.O=C(O)CC(=O)O.OB(O)O.[H-].[Li+]. The molecule has 0 aromatic rings. The van der Waals surface area contributed by atoms with Gasteiger partial charge in [-0.15, -0.1) is 0 Å². The molecular weight excluding hydrogens is 304 g/mol. The minimum Gasteiger partial charge on any atom is -1.00 e. The Balaban J connectivity index is -0.0000000670. The van der Waals surface area contributed by atoms with Crippen LogP contribution in [0.3, 0.4) is 0 Å². The first-order chi connectivity index (χ1) is 8.74. The molecule has 0 saturated carbocycles. The summed E-state index contributed by atoms with van der Waals surface area (Å²) in [5.41, 5.74) is 0. The second-order valence-electron chi connectivity index (χ2n) is 2.50. The number of aliphatic carboxylic acids is 4. The number of hydrogen-bond acceptors (Lipinski definition) is 7. The third kappa shape index (κ3) is 23.8. The van der Waals surface area contributed by atoms with Crippen LogP contribution in [0.1, 0.15) is 7.85 Å². The Hall–Kier alpha value is -1.72. The third-order valence-electron chi connectivity index (χ3n) is 0.840. The zero-order valence-electron chi connectivity index (χ0n) is 11.3. The van der Waals surface area contributed by atoms with E-state index in [1.165, 1.54) is 0 Å². The van der Waals surface area contributed by atoms with E-state index in [0.717, 1.165) is 0 Å². The van der Waals surface area contributed by atoms with Gasteiger partial charge in [-0.1, -0.05) is 0 Å². The zero-order valence-corrected chi connectivity index (χ0v) is 10.3. The van der Waals surface area contributed by atoms with Gasteiger partial charge < -0.3 is 36.9 Å². The molecule has 0 atom stereocenters. The zero-order chi connectivity index (χ0) is 17.1. The van der Waals surface area contributed by atoms with Gasteiger partial charge in [0.05, 0.1) is 0 Å². The molecule has 0 saturated heterocycles. The Labute approximate surface area is 128 Å². The molecule has 0 aliphatic rings. The van der Waals surface area contributed by atoms with Crippen LogP contribution in [0.4, 0.5) is 8.78 Å². The van der Waals surface area contributed by atoms with Gasteiger partial charge in [-0.2, -0.15) is 8.78 Å². The van der Waals surface area contributed by atoms with Gasteiger partial charge in [-0.25, -0.2) is 9.59 Å². The molecule has 0 aliphatic heterocycles. The summed E-state index contributed by atoms with van der Waals surface area (Å²) in [5, 5.41) is 51.9. The number of carbonyl (C=O) groups is 4. The topological polar surface area (TPSA) is 210 Å². The summed E-state index contributed by atoms with van der Waals surface area (Å²) in [7, 11) is -2.17. The minimum absolute atomic E-state index is 0. The van der Waals surface area contributed by atoms with Gasteiger partial charge in [0.1, 0.15) is 6.42 Å². The van der Waals surface area contributed by atoms with Gasteiger partial charge in [-0.3, -0.25) is 9.59 Å². The van der Waals surface area contributed by atoms with E-state index in [2.05, 4.69) is 0 Å². The first kappa shape index (κ1) is 27.6. The second-order valence-corrected chi connectivity index (χ2v) is 2.50. The van der Waals surface area contributed by atoms with Crippen molar-refractivity contribution in [2.24, 2.45) is 0 Å². The van der Waals surface area contributed by atoms with Crippen LogP contribution in [0.15, 0.2) is 0 Å². The predicted molar refractivity (Wildman–Crippen MR) is 53.6 cm³/mol. The molecule has 0 spiro atoms. The molecule has 0 bridgehead atoms. The van der Waals surface area contributed by atoms with Crippen LogP contribution in [0.5, 0.6) is 0 Å². The summed E-state index contributed by atoms with van der Waals surface area (Å²) in [5.74, 6) is -12.6. The van der Waals surface area contributed by atoms with Crippen molar-refractivity contribution in [1.82, 2.24) is 0 Å². The predicted octanol–water partition coefficient (Wildman–Crippen LogP) is -5.60. The molecule has 11 nitrogen and oxygen atoms in total. The largest absolute Gasteiger partial charge is 1.00 e. The number of carboxylic acid groups (broad SMARTS) is 4. The maximum atomic E-state index is 11.5. The molecule has 0 aromatic carbocycles. The molecule has 0 rings (SSSR count). The van der Waals surface area contributed by atoms with Crippen molar-refractivity contribution in [2.75, 3.05) is 0 Å². The van der Waals surface area contributed by atoms with Crippen LogP contribution in [-0.4, -0.2) is 72.6 Å². The van der Waals surface area contributed by atoms with Crippen LogP contribution in [0.25, 0.3) is 0 Å². The van der Waals surface area contributed by atoms with Gasteiger partial charge >= 0.3 is 56.0 Å². The Bertz CT molecular complexity index is 336. The van der Waals surface area contributed by atoms with Gasteiger partial charge in [0.2, 0.25) is 0 Å². The third-order valence-corrected chi connectivity index (χ3v) is 0.840. The van der Waals surface area contributed by atoms with Crippen molar-refractivity contribution in [1.29, 1.82) is 0 Å². The molecular formula is C6H10BF2LiO11. The molecule has 0 aromatic heterocycles. The van der Waals surface area contributed by atoms with Gasteiger partial charge in [0.25, 0.3) is 0 Å². The molecule has 0 unspecified atom stereocenters. The Kier molecular flexibility index (Phi) is 17.4. The van der Waals surface area contributed by atoms with Crippen LogP contribution in [0, 0.1) is 0 Å². The summed E-state index contributed by atoms with van der Waals surface area (Å²) < 4.78 is 22.9. The normalized spacial score (nSPS) is 8.62. The van der Waals surface area contributed by atoms with Gasteiger partial charge in [-0.05, 0) is 0 Å². The molecule has 0 aliphatic carbocycles. The Morgan fingerprint density at radius 3 is 1.05 bits per heavy atom. The van der Waals surface area contributed by atoms with E-state index in [1.807, 2.05) is 0 Å². The number of alkyl halides is 2. The van der Waals surface area contributed by atoms with E-state index < -0.39 is 43.5 Å². The van der Waals surface area contributed by atoms with E-state index in [9.17, 15) is 28.0 Å². The molecule has 21 heavy (non-hydrogen) atoms. The minimum atomic E-state index is -4.67. The average Bonchev–Trinajstić information content (AvgIpc) is 2.14. The molecule has 0 radical (unpaired) electrons. The Morgan fingerprint density at radius 1 is 0.857 bits per heavy atom. The molecule has 0 fully saturated rings. The smallest absolute Gasteiger partial charge is 1.00 e. The molecule has 0 amide bonds. The van der Waals surface area contributed by atoms with Crippen LogP contribution in [0.2, 0.25) is 0 Å². The second kappa shape index (κ2) is 13.3. The summed E-state index contributed by atoms with van der Waals surface area (Å²) in [6.45, 7) is 0. The molecule has 7 N–H and O–H groups in total. The van der Waals surface area contributed by atoms with Gasteiger partial charge in [0, 0.05) is 0 Å². The van der Waals surface area contributed by atoms with Crippen molar-refractivity contribution in [3.63, 3.8) is 0 Å². The van der Waals surface area contributed by atoms with Crippen LogP contribution in [-0.2, 0) is 19.2 Å². The van der Waals surface area contributed by atoms with E-state index >= 15 is 0 Å². The number of rotatable bonds is 4. The monoisotopic (exact) mass is 314 g/mol. The maximum absolute atomic E-state index is 11.5. The standard InChI is InChI=1S/C3H2F2O4.C3H4O4.BH3O3.Li.H/c4-3(5,1(6)7)2(8)9;4-2(5)1-3(6)7;2-1(3)4;;/h(H,6,7)(H,8,9);1H2,(H,4,5)(H,6,7);2-4H;;/q;;;+1;-1. The van der Waals surface area contributed by atoms with Crippen LogP contribution >= 0.6 is 0 Å². The quantitative estimate of drug-likeness (QED) is 0.192. The summed E-state index contributed by atoms with van der Waals surface area (Å²) >= 11 is 0. The van der Waals surface area contributed by atoms with Crippen LogP contribution < -0.4 is 18.9 Å². The van der Waals surface area contributed by atoms with Crippen molar-refractivity contribution in [2.45, 2.75) is 12.3 Å².